The second kappa shape index (κ2) is 6.96. The average molecular weight is 348 g/mol. The number of hydrogen-bond donors (Lipinski definition) is 2. The van der Waals surface area contributed by atoms with Gasteiger partial charge >= 0.3 is 0 Å². The van der Waals surface area contributed by atoms with Crippen molar-refractivity contribution >= 4 is 17.1 Å². The number of anilines is 3. The van der Waals surface area contributed by atoms with Gasteiger partial charge in [0.05, 0.1) is 6.10 Å². The van der Waals surface area contributed by atoms with E-state index in [-0.39, 0.29) is 6.10 Å². The summed E-state index contributed by atoms with van der Waals surface area (Å²) in [5.41, 5.74) is 4.88. The van der Waals surface area contributed by atoms with Crippen LogP contribution in [0.5, 0.6) is 0 Å². The fourth-order valence-electron chi connectivity index (χ4n) is 5.24. The zero-order valence-electron chi connectivity index (χ0n) is 15.3. The lowest BCUT2D eigenvalue weighted by Crippen LogP contribution is -2.42. The van der Waals surface area contributed by atoms with Crippen molar-refractivity contribution < 1.29 is 4.74 Å². The molecule has 2 aliphatic heterocycles. The highest BCUT2D eigenvalue weighted by Crippen LogP contribution is 2.49. The van der Waals surface area contributed by atoms with E-state index in [0.29, 0.717) is 12.0 Å². The lowest BCUT2D eigenvalue weighted by molar-refractivity contribution is 0.0732. The molecule has 5 rings (SSSR count). The molecule has 3 nitrogen and oxygen atoms in total. The highest BCUT2D eigenvalue weighted by Gasteiger charge is 2.43. The minimum absolute atomic E-state index is 0.260. The summed E-state index contributed by atoms with van der Waals surface area (Å²) in [5, 5.41) is 7.45. The van der Waals surface area contributed by atoms with Gasteiger partial charge in [-0.1, -0.05) is 37.5 Å². The van der Waals surface area contributed by atoms with E-state index in [0.717, 1.165) is 23.9 Å². The Kier molecular flexibility index (Phi) is 4.33. The molecular formula is C23H28N2O. The number of para-hydroxylation sites is 1. The van der Waals surface area contributed by atoms with Crippen molar-refractivity contribution in [3.63, 3.8) is 0 Å². The minimum Gasteiger partial charge on any atom is -0.381 e. The van der Waals surface area contributed by atoms with Gasteiger partial charge in [-0.25, -0.2) is 0 Å². The first kappa shape index (κ1) is 16.2. The lowest BCUT2D eigenvalue weighted by Gasteiger charge is -2.42. The van der Waals surface area contributed by atoms with Crippen LogP contribution in [0.15, 0.2) is 48.5 Å². The predicted molar refractivity (Wildman–Crippen MR) is 107 cm³/mol. The molecule has 0 unspecified atom stereocenters. The second-order valence-electron chi connectivity index (χ2n) is 8.11. The molecular weight excluding hydrogens is 320 g/mol. The van der Waals surface area contributed by atoms with E-state index >= 15 is 0 Å². The van der Waals surface area contributed by atoms with Gasteiger partial charge in [0.25, 0.3) is 0 Å². The van der Waals surface area contributed by atoms with E-state index in [1.165, 1.54) is 49.8 Å². The van der Waals surface area contributed by atoms with Crippen LogP contribution in [0, 0.1) is 11.8 Å². The van der Waals surface area contributed by atoms with Crippen molar-refractivity contribution in [3.05, 3.63) is 54.1 Å². The quantitative estimate of drug-likeness (QED) is 0.726. The number of nitrogens with one attached hydrogen (secondary N) is 2. The molecule has 2 aromatic carbocycles. The van der Waals surface area contributed by atoms with Crippen LogP contribution in [0.4, 0.5) is 17.1 Å². The van der Waals surface area contributed by atoms with Gasteiger partial charge in [0, 0.05) is 41.2 Å². The maximum Gasteiger partial charge on any atom is 0.0894 e. The third-order valence-electron chi connectivity index (χ3n) is 6.50. The molecule has 1 aliphatic carbocycles. The van der Waals surface area contributed by atoms with E-state index in [4.69, 9.17) is 4.74 Å². The molecule has 0 spiro atoms. The lowest BCUT2D eigenvalue weighted by atomic mass is 9.73. The van der Waals surface area contributed by atoms with Crippen LogP contribution in [-0.2, 0) is 4.74 Å². The third-order valence-corrected chi connectivity index (χ3v) is 6.50. The number of hydrogen-bond acceptors (Lipinski definition) is 3. The summed E-state index contributed by atoms with van der Waals surface area (Å²) in [4.78, 5) is 0. The Hall–Kier alpha value is -2.00. The summed E-state index contributed by atoms with van der Waals surface area (Å²) < 4.78 is 6.24. The Balaban J connectivity index is 1.42. The Morgan fingerprint density at radius 3 is 2.58 bits per heavy atom. The summed E-state index contributed by atoms with van der Waals surface area (Å²) >= 11 is 0. The Bertz CT molecular complexity index is 754. The molecule has 136 valence electrons. The molecule has 2 fully saturated rings. The fraction of sp³-hybridized carbons (Fsp3) is 0.478. The van der Waals surface area contributed by atoms with Crippen LogP contribution >= 0.6 is 0 Å². The van der Waals surface area contributed by atoms with Crippen LogP contribution in [0.2, 0.25) is 0 Å². The maximum atomic E-state index is 6.24. The molecule has 0 amide bonds. The summed E-state index contributed by atoms with van der Waals surface area (Å²) in [6, 6.07) is 17.7. The molecule has 3 aliphatic rings. The fourth-order valence-corrected chi connectivity index (χ4v) is 5.24. The first-order valence-electron chi connectivity index (χ1n) is 10.2. The van der Waals surface area contributed by atoms with Crippen molar-refractivity contribution in [1.82, 2.24) is 0 Å². The summed E-state index contributed by atoms with van der Waals surface area (Å²) in [7, 11) is 0. The zero-order valence-corrected chi connectivity index (χ0v) is 15.3. The molecule has 3 atom stereocenters. The van der Waals surface area contributed by atoms with E-state index in [9.17, 15) is 0 Å². The number of benzene rings is 2. The van der Waals surface area contributed by atoms with Gasteiger partial charge in [-0.2, -0.15) is 0 Å². The van der Waals surface area contributed by atoms with Crippen LogP contribution in [-0.4, -0.2) is 12.6 Å². The van der Waals surface area contributed by atoms with Gasteiger partial charge in [-0.3, -0.25) is 0 Å². The number of fused-ring (bicyclic) bond motifs is 3. The first-order chi connectivity index (χ1) is 12.9. The van der Waals surface area contributed by atoms with Gasteiger partial charge in [-0.15, -0.1) is 0 Å². The Labute approximate surface area is 156 Å². The topological polar surface area (TPSA) is 33.3 Å². The molecule has 1 saturated heterocycles. The molecule has 3 heteroatoms. The SMILES string of the molecule is c1ccc(Nc2ccc3c(c2)[C@H]2OCC[C@H]2[C@@H](C2CCCCC2)N3)cc1. The van der Waals surface area contributed by atoms with Gasteiger partial charge in [0.2, 0.25) is 0 Å². The molecule has 26 heavy (non-hydrogen) atoms. The van der Waals surface area contributed by atoms with E-state index in [1.807, 2.05) is 6.07 Å². The molecule has 0 aromatic heterocycles. The highest BCUT2D eigenvalue weighted by molar-refractivity contribution is 5.67. The van der Waals surface area contributed by atoms with Gasteiger partial charge < -0.3 is 15.4 Å². The van der Waals surface area contributed by atoms with Crippen molar-refractivity contribution in [3.8, 4) is 0 Å². The Morgan fingerprint density at radius 1 is 0.885 bits per heavy atom. The van der Waals surface area contributed by atoms with Crippen LogP contribution < -0.4 is 10.6 Å². The normalized spacial score (nSPS) is 28.1. The summed E-state index contributed by atoms with van der Waals surface area (Å²) in [6.45, 7) is 0.899. The van der Waals surface area contributed by atoms with Gasteiger partial charge in [0.15, 0.2) is 0 Å². The number of rotatable bonds is 3. The molecule has 2 heterocycles. The molecule has 0 radical (unpaired) electrons. The van der Waals surface area contributed by atoms with E-state index in [2.05, 4.69) is 53.1 Å². The standard InChI is InChI=1S/C23H28N2O/c1-3-7-16(8-4-1)22-19-13-14-26-23(19)20-15-18(11-12-21(20)25-22)24-17-9-5-2-6-10-17/h2,5-6,9-12,15-16,19,22-25H,1,3-4,7-8,13-14H2/t19-,22+,23-/m0/s1. The second-order valence-corrected chi connectivity index (χ2v) is 8.11. The average Bonchev–Trinajstić information content (AvgIpc) is 3.19. The van der Waals surface area contributed by atoms with E-state index in [1.54, 1.807) is 0 Å². The van der Waals surface area contributed by atoms with Crippen molar-refractivity contribution in [2.24, 2.45) is 11.8 Å². The monoisotopic (exact) mass is 348 g/mol. The Morgan fingerprint density at radius 2 is 1.73 bits per heavy atom. The molecule has 2 N–H and O–H groups in total. The van der Waals surface area contributed by atoms with Gasteiger partial charge in [0.1, 0.15) is 0 Å². The highest BCUT2D eigenvalue weighted by atomic mass is 16.5. The van der Waals surface area contributed by atoms with E-state index < -0.39 is 0 Å². The van der Waals surface area contributed by atoms with Crippen LogP contribution in [0.3, 0.4) is 0 Å². The van der Waals surface area contributed by atoms with Crippen molar-refractivity contribution in [2.75, 3.05) is 17.2 Å². The van der Waals surface area contributed by atoms with Crippen LogP contribution in [0.25, 0.3) is 0 Å². The predicted octanol–water partition coefficient (Wildman–Crippen LogP) is 5.88. The van der Waals surface area contributed by atoms with Gasteiger partial charge in [-0.05, 0) is 55.5 Å². The van der Waals surface area contributed by atoms with Crippen LogP contribution in [0.1, 0.15) is 50.2 Å². The third kappa shape index (κ3) is 2.99. The first-order valence-corrected chi connectivity index (χ1v) is 10.2. The molecule has 1 saturated carbocycles. The minimum atomic E-state index is 0.260. The maximum absolute atomic E-state index is 6.24. The zero-order chi connectivity index (χ0) is 17.3. The molecule has 0 bridgehead atoms. The smallest absolute Gasteiger partial charge is 0.0894 e. The number of ether oxygens (including phenoxy) is 1. The largest absolute Gasteiger partial charge is 0.381 e. The summed E-state index contributed by atoms with van der Waals surface area (Å²) in [6.07, 6.45) is 8.42. The van der Waals surface area contributed by atoms with Crippen molar-refractivity contribution in [1.29, 1.82) is 0 Å². The summed E-state index contributed by atoms with van der Waals surface area (Å²) in [5.74, 6) is 1.44. The van der Waals surface area contributed by atoms with Crippen molar-refractivity contribution in [2.45, 2.75) is 50.7 Å². The molecule has 2 aromatic rings.